The summed E-state index contributed by atoms with van der Waals surface area (Å²) in [6.07, 6.45) is -6.35. The first-order valence-corrected chi connectivity index (χ1v) is 18.1. The number of hydrogen-bond donors (Lipinski definition) is 1. The van der Waals surface area contributed by atoms with Crippen molar-refractivity contribution in [2.45, 2.75) is 70.1 Å². The number of nitrogens with two attached hydrogens (primary N) is 1. The number of amides is 1. The van der Waals surface area contributed by atoms with Crippen LogP contribution >= 0.6 is 11.3 Å². The summed E-state index contributed by atoms with van der Waals surface area (Å²) in [6, 6.07) is 2.79. The Hall–Kier alpha value is -4.43. The Labute approximate surface area is 304 Å². The van der Waals surface area contributed by atoms with Gasteiger partial charge in [0.1, 0.15) is 47.2 Å². The third-order valence-electron chi connectivity index (χ3n) is 10.7. The molecule has 4 aromatic rings. The van der Waals surface area contributed by atoms with Gasteiger partial charge in [-0.25, -0.2) is 17.6 Å². The van der Waals surface area contributed by atoms with Crippen LogP contribution < -0.4 is 15.4 Å². The van der Waals surface area contributed by atoms with E-state index >= 15 is 22.0 Å². The number of nitrogens with zero attached hydrogens (tertiary/aromatic N) is 6. The highest BCUT2D eigenvalue weighted by atomic mass is 32.1. The zero-order valence-electron chi connectivity index (χ0n) is 29.0. The van der Waals surface area contributed by atoms with Gasteiger partial charge < -0.3 is 20.3 Å². The van der Waals surface area contributed by atoms with Crippen LogP contribution in [-0.2, 0) is 11.0 Å². The molecule has 0 radical (unpaired) electrons. The van der Waals surface area contributed by atoms with Gasteiger partial charge in [-0.3, -0.25) is 9.69 Å². The van der Waals surface area contributed by atoms with Gasteiger partial charge in [0.15, 0.2) is 5.82 Å². The Balaban J connectivity index is 1.46. The number of likely N-dealkylation sites (tertiary alicyclic amines) is 1. The fraction of sp³-hybridized carbons (Fsp3) is 0.500. The second-order valence-corrected chi connectivity index (χ2v) is 15.3. The molecule has 2 aromatic heterocycles. The topological polar surface area (TPSA) is 112 Å². The Morgan fingerprint density at radius 2 is 1.96 bits per heavy atom. The molecule has 2 N–H and O–H groups in total. The number of halogens is 7. The Morgan fingerprint density at radius 3 is 2.64 bits per heavy atom. The second-order valence-electron chi connectivity index (χ2n) is 14.2. The van der Waals surface area contributed by atoms with Crippen molar-refractivity contribution in [2.75, 3.05) is 50.0 Å². The van der Waals surface area contributed by atoms with E-state index < -0.39 is 81.3 Å². The van der Waals surface area contributed by atoms with Crippen molar-refractivity contribution in [3.63, 3.8) is 0 Å². The molecular formula is C36H36F7N7O2S. The van der Waals surface area contributed by atoms with Crippen LogP contribution in [0, 0.1) is 28.9 Å². The quantitative estimate of drug-likeness (QED) is 0.187. The average Bonchev–Trinajstić information content (AvgIpc) is 3.84. The molecule has 9 nitrogen and oxygen atoms in total. The molecule has 53 heavy (non-hydrogen) atoms. The van der Waals surface area contributed by atoms with Crippen LogP contribution in [0.4, 0.5) is 41.6 Å². The summed E-state index contributed by atoms with van der Waals surface area (Å²) in [4.78, 5) is 26.3. The van der Waals surface area contributed by atoms with Crippen LogP contribution in [0.15, 0.2) is 18.2 Å². The van der Waals surface area contributed by atoms with Gasteiger partial charge >= 0.3 is 12.2 Å². The number of ether oxygens (including phenoxy) is 1. The molecule has 3 fully saturated rings. The number of nitriles is 1. The summed E-state index contributed by atoms with van der Waals surface area (Å²) < 4.78 is 114. The molecule has 4 unspecified atom stereocenters. The summed E-state index contributed by atoms with van der Waals surface area (Å²) in [5.74, 6) is -3.33. The predicted octanol–water partition coefficient (Wildman–Crippen LogP) is 7.25. The number of carbonyl (C=O) groups excluding carboxylic acids is 1. The number of likely N-dealkylation sites (N-methyl/N-ethyl adjacent to an activating group) is 1. The summed E-state index contributed by atoms with van der Waals surface area (Å²) in [5, 5.41) is 8.99. The highest BCUT2D eigenvalue weighted by Gasteiger charge is 2.50. The monoisotopic (exact) mass is 763 g/mol. The van der Waals surface area contributed by atoms with Crippen LogP contribution in [0.3, 0.4) is 0 Å². The minimum Gasteiger partial charge on any atom is -0.461 e. The first-order valence-electron chi connectivity index (χ1n) is 17.3. The maximum Gasteiger partial charge on any atom is 0.417 e. The number of rotatable bonds is 8. The van der Waals surface area contributed by atoms with Crippen molar-refractivity contribution in [3.05, 3.63) is 41.0 Å². The minimum atomic E-state index is -5.20. The lowest BCUT2D eigenvalue weighted by molar-refractivity contribution is -0.137. The lowest BCUT2D eigenvalue weighted by atomic mass is 9.92. The Kier molecular flexibility index (Phi) is 9.37. The number of fused-ring (bicyclic) bond motifs is 3. The summed E-state index contributed by atoms with van der Waals surface area (Å²) in [7, 11) is 0. The average molecular weight is 764 g/mol. The van der Waals surface area contributed by atoms with Crippen LogP contribution in [0.1, 0.15) is 51.2 Å². The molecule has 5 heterocycles. The first kappa shape index (κ1) is 36.9. The lowest BCUT2D eigenvalue weighted by Gasteiger charge is -2.32. The van der Waals surface area contributed by atoms with Gasteiger partial charge in [-0.1, -0.05) is 19.9 Å². The standard InChI is InChI=1S/C36H36F7N7O2S/c1-4-50(25-15-48(14-24(25)39)33(51)17(2)3)32-20-10-22(36(41,42)43)27(19-6-7-23(38)30-26(19)21(12-44)31(45)53-30)28(40)29(20)46-34(47-32)52-16-35-8-5-9-49(35)13-18(37)11-35/h6-7,10,17-18,24-25H,4-5,8-9,11,13-16,45H2,1-3H3. The van der Waals surface area contributed by atoms with Gasteiger partial charge in [0, 0.05) is 48.3 Å². The Morgan fingerprint density at radius 1 is 1.21 bits per heavy atom. The number of thiophene rings is 1. The molecule has 3 saturated heterocycles. The fourth-order valence-electron chi connectivity index (χ4n) is 8.24. The molecule has 0 saturated carbocycles. The van der Waals surface area contributed by atoms with Crippen molar-refractivity contribution in [3.8, 4) is 23.2 Å². The normalized spacial score (nSPS) is 23.4. The van der Waals surface area contributed by atoms with Crippen molar-refractivity contribution in [1.29, 1.82) is 5.26 Å². The molecule has 282 valence electrons. The van der Waals surface area contributed by atoms with E-state index in [2.05, 4.69) is 9.97 Å². The number of carbonyl (C=O) groups is 1. The van der Waals surface area contributed by atoms with E-state index in [1.165, 1.54) is 9.80 Å². The van der Waals surface area contributed by atoms with Crippen LogP contribution in [0.2, 0.25) is 0 Å². The van der Waals surface area contributed by atoms with Crippen LogP contribution in [0.25, 0.3) is 32.1 Å². The van der Waals surface area contributed by atoms with E-state index in [1.807, 2.05) is 4.90 Å². The van der Waals surface area contributed by atoms with E-state index in [1.54, 1.807) is 26.8 Å². The van der Waals surface area contributed by atoms with Gasteiger partial charge in [-0.2, -0.15) is 28.4 Å². The van der Waals surface area contributed by atoms with E-state index in [4.69, 9.17) is 10.5 Å². The molecule has 0 aliphatic carbocycles. The molecule has 1 amide bonds. The minimum absolute atomic E-state index is 0.00931. The lowest BCUT2D eigenvalue weighted by Crippen LogP contribution is -2.44. The summed E-state index contributed by atoms with van der Waals surface area (Å²) >= 11 is 0.647. The molecule has 3 aliphatic rings. The largest absolute Gasteiger partial charge is 0.461 e. The maximum absolute atomic E-state index is 17.2. The zero-order valence-corrected chi connectivity index (χ0v) is 29.9. The number of aromatic nitrogens is 2. The summed E-state index contributed by atoms with van der Waals surface area (Å²) in [6.45, 7) is 5.34. The van der Waals surface area contributed by atoms with Crippen LogP contribution in [0.5, 0.6) is 6.01 Å². The van der Waals surface area contributed by atoms with Crippen molar-refractivity contribution in [2.24, 2.45) is 5.92 Å². The molecule has 3 aliphatic heterocycles. The second kappa shape index (κ2) is 13.5. The third-order valence-corrected chi connectivity index (χ3v) is 11.7. The number of alkyl halides is 5. The fourth-order valence-corrected chi connectivity index (χ4v) is 9.19. The number of anilines is 2. The van der Waals surface area contributed by atoms with Crippen LogP contribution in [-0.4, -0.2) is 88.9 Å². The smallest absolute Gasteiger partial charge is 0.417 e. The van der Waals surface area contributed by atoms with Gasteiger partial charge in [0.05, 0.1) is 34.0 Å². The maximum atomic E-state index is 17.2. The van der Waals surface area contributed by atoms with E-state index in [0.29, 0.717) is 30.4 Å². The SMILES string of the molecule is CCN(c1nc(OCC23CCCN2CC(F)C3)nc2c(F)c(-c3ccc(F)c4sc(N)c(C#N)c34)c(C(F)(F)F)cc12)C1CN(C(=O)C(C)C)CC1F. The number of nitrogen functional groups attached to an aromatic ring is 1. The molecule has 4 atom stereocenters. The predicted molar refractivity (Wildman–Crippen MR) is 186 cm³/mol. The molecule has 7 rings (SSSR count). The van der Waals surface area contributed by atoms with E-state index in [0.717, 1.165) is 18.6 Å². The highest BCUT2D eigenvalue weighted by Crippen LogP contribution is 2.48. The van der Waals surface area contributed by atoms with Gasteiger partial charge in [0.25, 0.3) is 0 Å². The number of benzene rings is 2. The molecular weight excluding hydrogens is 727 g/mol. The first-order chi connectivity index (χ1) is 25.1. The van der Waals surface area contributed by atoms with Gasteiger partial charge in [-0.05, 0) is 44.0 Å². The molecule has 2 aromatic carbocycles. The van der Waals surface area contributed by atoms with Crippen molar-refractivity contribution in [1.82, 2.24) is 19.8 Å². The zero-order chi connectivity index (χ0) is 38.1. The third kappa shape index (κ3) is 6.17. The van der Waals surface area contributed by atoms with E-state index in [9.17, 15) is 18.8 Å². The van der Waals surface area contributed by atoms with E-state index in [-0.39, 0.29) is 71.6 Å². The number of hydrogen-bond acceptors (Lipinski definition) is 9. The molecule has 17 heteroatoms. The Bertz CT molecular complexity index is 2150. The summed E-state index contributed by atoms with van der Waals surface area (Å²) in [5.41, 5.74) is 1.44. The molecule has 0 bridgehead atoms. The highest BCUT2D eigenvalue weighted by molar-refractivity contribution is 7.23. The van der Waals surface area contributed by atoms with Gasteiger partial charge in [0.2, 0.25) is 5.91 Å². The van der Waals surface area contributed by atoms with Crippen molar-refractivity contribution < 1.29 is 40.3 Å². The van der Waals surface area contributed by atoms with Gasteiger partial charge in [-0.15, -0.1) is 11.3 Å². The van der Waals surface area contributed by atoms with Crippen molar-refractivity contribution >= 4 is 49.1 Å². The molecule has 0 spiro atoms.